The minimum Gasteiger partial charge on any atom is -0.394 e. The number of likely N-dealkylation sites (tertiary alicyclic amines) is 1. The summed E-state index contributed by atoms with van der Waals surface area (Å²) in [5, 5.41) is 16.4. The summed E-state index contributed by atoms with van der Waals surface area (Å²) >= 11 is 1.62. The lowest BCUT2D eigenvalue weighted by Crippen LogP contribution is -2.53. The van der Waals surface area contributed by atoms with Crippen molar-refractivity contribution in [2.24, 2.45) is 11.8 Å². The van der Waals surface area contributed by atoms with E-state index in [2.05, 4.69) is 10.6 Å². The molecule has 190 valence electrons. The number of aliphatic hydroxyl groups excluding tert-OH is 1. The van der Waals surface area contributed by atoms with Gasteiger partial charge in [0.1, 0.15) is 6.04 Å². The molecule has 2 unspecified atom stereocenters. The molecule has 0 aliphatic carbocycles. The van der Waals surface area contributed by atoms with Crippen LogP contribution in [0.2, 0.25) is 0 Å². The predicted octanol–water partition coefficient (Wildman–Crippen LogP) is 3.20. The van der Waals surface area contributed by atoms with Crippen LogP contribution in [0, 0.1) is 25.7 Å². The van der Waals surface area contributed by atoms with Crippen LogP contribution >= 0.6 is 11.8 Å². The van der Waals surface area contributed by atoms with Gasteiger partial charge in [0.2, 0.25) is 17.7 Å². The van der Waals surface area contributed by atoms with Crippen molar-refractivity contribution in [1.82, 2.24) is 10.2 Å². The van der Waals surface area contributed by atoms with Crippen LogP contribution in [0.1, 0.15) is 42.5 Å². The van der Waals surface area contributed by atoms with Crippen molar-refractivity contribution < 1.29 is 19.5 Å². The fraction of sp³-hybridized carbons (Fsp3) is 0.464. The maximum Gasteiger partial charge on any atom is 0.248 e. The van der Waals surface area contributed by atoms with Gasteiger partial charge in [0.25, 0.3) is 0 Å². The minimum absolute atomic E-state index is 0.166. The number of carbonyl (C=O) groups is 3. The zero-order chi connectivity index (χ0) is 25.8. The second-order valence-electron chi connectivity index (χ2n) is 10.5. The molecule has 0 saturated carbocycles. The Morgan fingerprint density at radius 2 is 1.75 bits per heavy atom. The third-order valence-electron chi connectivity index (χ3n) is 8.41. The summed E-state index contributed by atoms with van der Waals surface area (Å²) < 4.78 is -1.17. The first kappa shape index (κ1) is 24.8. The lowest BCUT2D eigenvalue weighted by Gasteiger charge is -2.37. The SMILES string of the molecule is CNC(=O)[C@H]1[C@H]2C(=O)N([C@H](CO)c3ccccc3)C(C(=O)Nc3c(C)cccc3C)C23CC[C@]1(C)S3. The summed E-state index contributed by atoms with van der Waals surface area (Å²) in [6.45, 7) is 5.61. The second kappa shape index (κ2) is 8.92. The Morgan fingerprint density at radius 1 is 1.08 bits per heavy atom. The summed E-state index contributed by atoms with van der Waals surface area (Å²) in [4.78, 5) is 43.2. The molecule has 2 aromatic carbocycles. The Morgan fingerprint density at radius 3 is 2.36 bits per heavy atom. The first-order chi connectivity index (χ1) is 17.2. The zero-order valence-corrected chi connectivity index (χ0v) is 21.9. The van der Waals surface area contributed by atoms with Gasteiger partial charge in [-0.1, -0.05) is 48.5 Å². The van der Waals surface area contributed by atoms with Crippen molar-refractivity contribution in [2.45, 2.75) is 55.2 Å². The smallest absolute Gasteiger partial charge is 0.248 e. The fourth-order valence-corrected chi connectivity index (χ4v) is 9.13. The Hall–Kier alpha value is -2.84. The number of benzene rings is 2. The van der Waals surface area contributed by atoms with Gasteiger partial charge in [0.05, 0.1) is 29.2 Å². The van der Waals surface area contributed by atoms with Gasteiger partial charge in [-0.25, -0.2) is 0 Å². The molecule has 2 aromatic rings. The topological polar surface area (TPSA) is 98.7 Å². The number of anilines is 1. The Bertz CT molecular complexity index is 1200. The minimum atomic E-state index is -0.826. The maximum atomic E-state index is 14.3. The standard InChI is InChI=1S/C28H33N3O4S/c1-16-9-8-10-17(2)22(16)30-25(34)23-28-14-13-27(3,36-28)20(24(33)29-4)21(28)26(35)31(23)19(15-32)18-11-6-5-7-12-18/h5-12,19-21,23,32H,13-15H2,1-4H3,(H,29,33)(H,30,34)/t19-,20-,21+,23?,27+,28?/m1/s1. The highest BCUT2D eigenvalue weighted by Gasteiger charge is 2.77. The largest absolute Gasteiger partial charge is 0.394 e. The third kappa shape index (κ3) is 3.49. The van der Waals surface area contributed by atoms with E-state index < -0.39 is 33.4 Å². The molecule has 3 heterocycles. The van der Waals surface area contributed by atoms with Gasteiger partial charge in [-0.3, -0.25) is 14.4 Å². The van der Waals surface area contributed by atoms with Crippen molar-refractivity contribution >= 4 is 35.2 Å². The van der Waals surface area contributed by atoms with E-state index >= 15 is 0 Å². The number of aliphatic hydroxyl groups is 1. The van der Waals surface area contributed by atoms with E-state index in [1.54, 1.807) is 23.7 Å². The lowest BCUT2D eigenvalue weighted by molar-refractivity contribution is -0.142. The monoisotopic (exact) mass is 507 g/mol. The highest BCUT2D eigenvalue weighted by atomic mass is 32.2. The normalized spacial score (nSPS) is 31.3. The van der Waals surface area contributed by atoms with Crippen LogP contribution in [-0.4, -0.2) is 56.9 Å². The van der Waals surface area contributed by atoms with Crippen LogP contribution in [0.5, 0.6) is 0 Å². The summed E-state index contributed by atoms with van der Waals surface area (Å²) in [5.41, 5.74) is 3.38. The molecule has 36 heavy (non-hydrogen) atoms. The molecule has 3 fully saturated rings. The van der Waals surface area contributed by atoms with Crippen molar-refractivity contribution in [3.8, 4) is 0 Å². The van der Waals surface area contributed by atoms with Crippen LogP contribution in [0.15, 0.2) is 48.5 Å². The number of para-hydroxylation sites is 1. The molecule has 7 nitrogen and oxygen atoms in total. The molecule has 3 saturated heterocycles. The quantitative estimate of drug-likeness (QED) is 0.558. The predicted molar refractivity (Wildman–Crippen MR) is 140 cm³/mol. The number of aryl methyl sites for hydroxylation is 2. The molecule has 3 aliphatic heterocycles. The molecular formula is C28H33N3O4S. The molecule has 2 bridgehead atoms. The third-order valence-corrected chi connectivity index (χ3v) is 10.4. The van der Waals surface area contributed by atoms with Gasteiger partial charge in [-0.05, 0) is 50.3 Å². The molecule has 5 rings (SSSR count). The molecule has 1 spiro atoms. The van der Waals surface area contributed by atoms with Crippen LogP contribution in [0.3, 0.4) is 0 Å². The number of rotatable bonds is 6. The van der Waals surface area contributed by atoms with Crippen LogP contribution < -0.4 is 10.6 Å². The molecule has 0 aromatic heterocycles. The van der Waals surface area contributed by atoms with E-state index in [0.717, 1.165) is 28.8 Å². The number of nitrogens with one attached hydrogen (secondary N) is 2. The summed E-state index contributed by atoms with van der Waals surface area (Å²) in [6, 6.07) is 13.6. The van der Waals surface area contributed by atoms with Gasteiger partial charge in [-0.15, -0.1) is 11.8 Å². The average molecular weight is 508 g/mol. The number of fused-ring (bicyclic) bond motifs is 1. The van der Waals surface area contributed by atoms with Gasteiger partial charge in [-0.2, -0.15) is 0 Å². The van der Waals surface area contributed by atoms with Gasteiger partial charge in [0.15, 0.2) is 0 Å². The van der Waals surface area contributed by atoms with Crippen LogP contribution in [0.4, 0.5) is 5.69 Å². The molecule has 0 radical (unpaired) electrons. The van der Waals surface area contributed by atoms with E-state index in [4.69, 9.17) is 0 Å². The van der Waals surface area contributed by atoms with E-state index in [-0.39, 0.29) is 24.3 Å². The van der Waals surface area contributed by atoms with E-state index in [1.165, 1.54) is 0 Å². The number of nitrogens with zero attached hydrogens (tertiary/aromatic N) is 1. The van der Waals surface area contributed by atoms with E-state index in [0.29, 0.717) is 6.42 Å². The molecule has 3 N–H and O–H groups in total. The number of hydrogen-bond donors (Lipinski definition) is 3. The van der Waals surface area contributed by atoms with E-state index in [9.17, 15) is 19.5 Å². The molecule has 6 atom stereocenters. The van der Waals surface area contributed by atoms with E-state index in [1.807, 2.05) is 69.3 Å². The number of thioether (sulfide) groups is 1. The van der Waals surface area contributed by atoms with Crippen LogP contribution in [0.25, 0.3) is 0 Å². The summed E-state index contributed by atoms with van der Waals surface area (Å²) in [5.74, 6) is -1.84. The fourth-order valence-electron chi connectivity index (χ4n) is 6.79. The van der Waals surface area contributed by atoms with Crippen molar-refractivity contribution in [2.75, 3.05) is 19.0 Å². The Balaban J connectivity index is 1.64. The molecule has 3 amide bonds. The first-order valence-corrected chi connectivity index (χ1v) is 13.3. The number of amides is 3. The van der Waals surface area contributed by atoms with Crippen molar-refractivity contribution in [1.29, 1.82) is 0 Å². The number of carbonyl (C=O) groups excluding carboxylic acids is 3. The lowest BCUT2D eigenvalue weighted by atomic mass is 9.66. The number of hydrogen-bond acceptors (Lipinski definition) is 5. The maximum absolute atomic E-state index is 14.3. The Labute approximate surface area is 216 Å². The van der Waals surface area contributed by atoms with Gasteiger partial charge < -0.3 is 20.6 Å². The van der Waals surface area contributed by atoms with Gasteiger partial charge >= 0.3 is 0 Å². The summed E-state index contributed by atoms with van der Waals surface area (Å²) in [7, 11) is 1.60. The second-order valence-corrected chi connectivity index (χ2v) is 12.3. The van der Waals surface area contributed by atoms with Gasteiger partial charge in [0, 0.05) is 17.5 Å². The summed E-state index contributed by atoms with van der Waals surface area (Å²) in [6.07, 6.45) is 1.40. The molecule has 3 aliphatic rings. The van der Waals surface area contributed by atoms with Crippen LogP contribution in [-0.2, 0) is 14.4 Å². The molecule has 8 heteroatoms. The molecular weight excluding hydrogens is 474 g/mol. The van der Waals surface area contributed by atoms with Crippen molar-refractivity contribution in [3.63, 3.8) is 0 Å². The highest BCUT2D eigenvalue weighted by Crippen LogP contribution is 2.72. The Kier molecular flexibility index (Phi) is 6.16. The first-order valence-electron chi connectivity index (χ1n) is 12.5. The highest BCUT2D eigenvalue weighted by molar-refractivity contribution is 8.02. The van der Waals surface area contributed by atoms with Crippen molar-refractivity contribution in [3.05, 3.63) is 65.2 Å². The zero-order valence-electron chi connectivity index (χ0n) is 21.1. The average Bonchev–Trinajstić information content (AvgIpc) is 3.43.